The quantitative estimate of drug-likeness (QED) is 0.647. The van der Waals surface area contributed by atoms with Crippen molar-refractivity contribution in [1.29, 1.82) is 0 Å². The molecule has 3 amide bonds. The monoisotopic (exact) mass is 411 g/mol. The number of benzene rings is 2. The number of anilines is 2. The molecule has 0 aliphatic rings. The fraction of sp³-hybridized carbons (Fsp3) is 0.348. The summed E-state index contributed by atoms with van der Waals surface area (Å²) in [6.07, 6.45) is -0.988. The Balaban J connectivity index is 2.01. The molecular weight excluding hydrogens is 382 g/mol. The molecule has 0 bridgehead atoms. The number of nitrogens with one attached hydrogen (secondary N) is 2. The van der Waals surface area contributed by atoms with Gasteiger partial charge in [0.2, 0.25) is 0 Å². The maximum Gasteiger partial charge on any atom is 0.329 e. The number of nitrogens with zero attached hydrogens (tertiary/aromatic N) is 1. The van der Waals surface area contributed by atoms with Crippen molar-refractivity contribution in [2.75, 3.05) is 16.8 Å². The SMILES string of the molecule is CCN(C(=O)[C@@H](C)OC(=O)[C@H](NC(=O)Nc1ccccc1)C(C)C)c1ccccc1. The summed E-state index contributed by atoms with van der Waals surface area (Å²) in [6.45, 7) is 7.42. The summed E-state index contributed by atoms with van der Waals surface area (Å²) in [5.41, 5.74) is 1.34. The Morgan fingerprint density at radius 1 is 0.933 bits per heavy atom. The van der Waals surface area contributed by atoms with Crippen LogP contribution in [0.1, 0.15) is 27.7 Å². The van der Waals surface area contributed by atoms with Crippen LogP contribution in [0.25, 0.3) is 0 Å². The highest BCUT2D eigenvalue weighted by Crippen LogP contribution is 2.16. The molecule has 2 aromatic carbocycles. The van der Waals surface area contributed by atoms with Gasteiger partial charge in [0, 0.05) is 17.9 Å². The molecule has 7 nitrogen and oxygen atoms in total. The lowest BCUT2D eigenvalue weighted by molar-refractivity contribution is -0.156. The largest absolute Gasteiger partial charge is 0.451 e. The van der Waals surface area contributed by atoms with Gasteiger partial charge in [0.1, 0.15) is 6.04 Å². The molecule has 0 unspecified atom stereocenters. The smallest absolute Gasteiger partial charge is 0.329 e. The van der Waals surface area contributed by atoms with Gasteiger partial charge in [-0.25, -0.2) is 9.59 Å². The number of ether oxygens (including phenoxy) is 1. The van der Waals surface area contributed by atoms with E-state index in [-0.39, 0.29) is 11.8 Å². The molecule has 7 heteroatoms. The maximum atomic E-state index is 12.8. The van der Waals surface area contributed by atoms with Gasteiger partial charge >= 0.3 is 12.0 Å². The van der Waals surface area contributed by atoms with Gasteiger partial charge in [-0.2, -0.15) is 0 Å². The molecule has 0 fully saturated rings. The molecular formula is C23H29N3O4. The lowest BCUT2D eigenvalue weighted by Crippen LogP contribution is -2.49. The third-order valence-electron chi connectivity index (χ3n) is 4.53. The standard InChI is InChI=1S/C23H29N3O4/c1-5-26(19-14-10-7-11-15-19)21(27)17(4)30-22(28)20(16(2)3)25-23(29)24-18-12-8-6-9-13-18/h6-17,20H,5H2,1-4H3,(H2,24,25,29)/t17-,20-/m1/s1. The Morgan fingerprint density at radius 2 is 1.50 bits per heavy atom. The molecule has 2 atom stereocenters. The molecule has 0 aliphatic heterocycles. The first-order chi connectivity index (χ1) is 14.3. The highest BCUT2D eigenvalue weighted by Gasteiger charge is 2.30. The number of urea groups is 1. The molecule has 0 saturated carbocycles. The van der Waals surface area contributed by atoms with Crippen LogP contribution in [0.5, 0.6) is 0 Å². The number of carbonyl (C=O) groups is 3. The molecule has 2 rings (SSSR count). The molecule has 0 radical (unpaired) electrons. The number of esters is 1. The van der Waals surface area contributed by atoms with Crippen LogP contribution in [0.3, 0.4) is 0 Å². The van der Waals surface area contributed by atoms with E-state index in [1.807, 2.05) is 43.3 Å². The van der Waals surface area contributed by atoms with Crippen molar-refractivity contribution in [1.82, 2.24) is 5.32 Å². The molecule has 0 spiro atoms. The minimum atomic E-state index is -0.988. The zero-order valence-corrected chi connectivity index (χ0v) is 17.8. The van der Waals surface area contributed by atoms with E-state index in [1.165, 1.54) is 6.92 Å². The van der Waals surface area contributed by atoms with E-state index in [9.17, 15) is 14.4 Å². The lowest BCUT2D eigenvalue weighted by atomic mass is 10.0. The van der Waals surface area contributed by atoms with Crippen LogP contribution < -0.4 is 15.5 Å². The fourth-order valence-corrected chi connectivity index (χ4v) is 2.92. The zero-order valence-electron chi connectivity index (χ0n) is 17.8. The summed E-state index contributed by atoms with van der Waals surface area (Å²) < 4.78 is 5.42. The average Bonchev–Trinajstić information content (AvgIpc) is 2.73. The Morgan fingerprint density at radius 3 is 2.03 bits per heavy atom. The average molecular weight is 412 g/mol. The number of amides is 3. The first-order valence-corrected chi connectivity index (χ1v) is 10.0. The van der Waals surface area contributed by atoms with Crippen LogP contribution in [0.15, 0.2) is 60.7 Å². The van der Waals surface area contributed by atoms with Crippen molar-refractivity contribution in [2.45, 2.75) is 39.8 Å². The Bertz CT molecular complexity index is 840. The van der Waals surface area contributed by atoms with Gasteiger partial charge in [-0.15, -0.1) is 0 Å². The molecule has 30 heavy (non-hydrogen) atoms. The van der Waals surface area contributed by atoms with E-state index >= 15 is 0 Å². The lowest BCUT2D eigenvalue weighted by Gasteiger charge is -2.27. The summed E-state index contributed by atoms with van der Waals surface area (Å²) >= 11 is 0. The van der Waals surface area contributed by atoms with Gasteiger partial charge in [-0.05, 0) is 44.0 Å². The van der Waals surface area contributed by atoms with Gasteiger partial charge < -0.3 is 20.3 Å². The van der Waals surface area contributed by atoms with Crippen molar-refractivity contribution in [3.8, 4) is 0 Å². The van der Waals surface area contributed by atoms with Crippen LogP contribution in [0.4, 0.5) is 16.2 Å². The van der Waals surface area contributed by atoms with E-state index in [2.05, 4.69) is 10.6 Å². The third-order valence-corrected chi connectivity index (χ3v) is 4.53. The number of hydrogen-bond acceptors (Lipinski definition) is 4. The summed E-state index contributed by atoms with van der Waals surface area (Å²) in [5, 5.41) is 5.31. The van der Waals surface area contributed by atoms with Gasteiger partial charge in [0.05, 0.1) is 0 Å². The van der Waals surface area contributed by atoms with Crippen molar-refractivity contribution < 1.29 is 19.1 Å². The normalized spacial score (nSPS) is 12.6. The summed E-state index contributed by atoms with van der Waals surface area (Å²) in [5.74, 6) is -1.20. The van der Waals surface area contributed by atoms with E-state index < -0.39 is 24.1 Å². The Kier molecular flexibility index (Phi) is 8.41. The van der Waals surface area contributed by atoms with Gasteiger partial charge in [0.25, 0.3) is 5.91 Å². The Hall–Kier alpha value is -3.35. The van der Waals surface area contributed by atoms with Gasteiger partial charge in [-0.3, -0.25) is 4.79 Å². The predicted molar refractivity (Wildman–Crippen MR) is 117 cm³/mol. The number of hydrogen-bond donors (Lipinski definition) is 2. The third kappa shape index (κ3) is 6.34. The second kappa shape index (κ2) is 11.0. The van der Waals surface area contributed by atoms with Crippen molar-refractivity contribution >= 4 is 29.3 Å². The second-order valence-corrected chi connectivity index (χ2v) is 7.18. The molecule has 160 valence electrons. The highest BCUT2D eigenvalue weighted by atomic mass is 16.5. The first kappa shape index (κ1) is 22.9. The second-order valence-electron chi connectivity index (χ2n) is 7.18. The van der Waals surface area contributed by atoms with Crippen LogP contribution in [0.2, 0.25) is 0 Å². The fourth-order valence-electron chi connectivity index (χ4n) is 2.92. The minimum absolute atomic E-state index is 0.224. The van der Waals surface area contributed by atoms with E-state index in [0.29, 0.717) is 12.2 Å². The van der Waals surface area contributed by atoms with Gasteiger partial charge in [-0.1, -0.05) is 50.2 Å². The van der Waals surface area contributed by atoms with Crippen LogP contribution in [-0.4, -0.2) is 36.6 Å². The zero-order chi connectivity index (χ0) is 22.1. The van der Waals surface area contributed by atoms with Crippen LogP contribution in [0, 0.1) is 5.92 Å². The van der Waals surface area contributed by atoms with E-state index in [4.69, 9.17) is 4.74 Å². The number of para-hydroxylation sites is 2. The first-order valence-electron chi connectivity index (χ1n) is 10.0. The van der Waals surface area contributed by atoms with Crippen molar-refractivity contribution in [3.05, 3.63) is 60.7 Å². The summed E-state index contributed by atoms with van der Waals surface area (Å²) in [4.78, 5) is 39.4. The topological polar surface area (TPSA) is 87.7 Å². The molecule has 2 N–H and O–H groups in total. The molecule has 0 saturated heterocycles. The number of likely N-dealkylation sites (N-methyl/N-ethyl adjacent to an activating group) is 1. The summed E-state index contributed by atoms with van der Waals surface area (Å²) in [7, 11) is 0. The highest BCUT2D eigenvalue weighted by molar-refractivity contribution is 5.98. The minimum Gasteiger partial charge on any atom is -0.451 e. The van der Waals surface area contributed by atoms with E-state index in [1.54, 1.807) is 43.0 Å². The maximum absolute atomic E-state index is 12.8. The van der Waals surface area contributed by atoms with Gasteiger partial charge in [0.15, 0.2) is 6.10 Å². The molecule has 2 aromatic rings. The molecule has 0 heterocycles. The summed E-state index contributed by atoms with van der Waals surface area (Å²) in [6, 6.07) is 16.7. The predicted octanol–water partition coefficient (Wildman–Crippen LogP) is 3.82. The van der Waals surface area contributed by atoms with Crippen LogP contribution in [-0.2, 0) is 14.3 Å². The molecule has 0 aromatic heterocycles. The number of carbonyl (C=O) groups excluding carboxylic acids is 3. The number of rotatable bonds is 8. The molecule has 0 aliphatic carbocycles. The van der Waals surface area contributed by atoms with Crippen LogP contribution >= 0.6 is 0 Å². The van der Waals surface area contributed by atoms with Crippen molar-refractivity contribution in [2.24, 2.45) is 5.92 Å². The van der Waals surface area contributed by atoms with E-state index in [0.717, 1.165) is 5.69 Å². The Labute approximate surface area is 177 Å². The van der Waals surface area contributed by atoms with Crippen molar-refractivity contribution in [3.63, 3.8) is 0 Å².